The number of anilines is 1. The first-order valence-corrected chi connectivity index (χ1v) is 9.38. The highest BCUT2D eigenvalue weighted by Gasteiger charge is 2.23. The number of aromatic nitrogens is 1. The minimum atomic E-state index is -0.484. The van der Waals surface area contributed by atoms with E-state index in [1.807, 2.05) is 0 Å². The van der Waals surface area contributed by atoms with Crippen molar-refractivity contribution >= 4 is 32.6 Å². The zero-order valence-electron chi connectivity index (χ0n) is 14.4. The molecule has 0 aliphatic carbocycles. The Kier molecular flexibility index (Phi) is 4.89. The standard InChI is InChI=1S/C19H17F2N3O2S/c20-13-5-6-15-17(11-13)27-19(22-15)24-9-7-23(8-10-24)18(25)12-26-16-4-2-1-3-14(16)21/h1-6,11H,7-10,12H2. The Morgan fingerprint density at radius 2 is 1.89 bits per heavy atom. The molecule has 8 heteroatoms. The number of halogens is 2. The minimum Gasteiger partial charge on any atom is -0.481 e. The van der Waals surface area contributed by atoms with E-state index in [4.69, 9.17) is 4.74 Å². The molecular weight excluding hydrogens is 372 g/mol. The number of carbonyl (C=O) groups excluding carboxylic acids is 1. The molecule has 0 spiro atoms. The Labute approximate surface area is 158 Å². The molecule has 3 aromatic rings. The first-order chi connectivity index (χ1) is 13.1. The molecule has 27 heavy (non-hydrogen) atoms. The number of thiazole rings is 1. The van der Waals surface area contributed by atoms with E-state index in [1.54, 1.807) is 23.1 Å². The lowest BCUT2D eigenvalue weighted by atomic mass is 10.3. The number of ether oxygens (including phenoxy) is 1. The molecule has 0 radical (unpaired) electrons. The van der Waals surface area contributed by atoms with Crippen LogP contribution in [0, 0.1) is 11.6 Å². The van der Waals surface area contributed by atoms with Crippen LogP contribution >= 0.6 is 11.3 Å². The number of nitrogens with zero attached hydrogens (tertiary/aromatic N) is 3. The Hall–Kier alpha value is -2.74. The number of carbonyl (C=O) groups is 1. The molecule has 140 valence electrons. The SMILES string of the molecule is O=C(COc1ccccc1F)N1CCN(c2nc3ccc(F)cc3s2)CC1. The molecule has 0 unspecified atom stereocenters. The Morgan fingerprint density at radius 3 is 2.67 bits per heavy atom. The summed E-state index contributed by atoms with van der Waals surface area (Å²) >= 11 is 1.44. The van der Waals surface area contributed by atoms with Crippen LogP contribution in [0.4, 0.5) is 13.9 Å². The number of hydrogen-bond acceptors (Lipinski definition) is 5. The molecule has 2 heterocycles. The van der Waals surface area contributed by atoms with Crippen molar-refractivity contribution in [1.29, 1.82) is 0 Å². The van der Waals surface area contributed by atoms with Crippen LogP contribution < -0.4 is 9.64 Å². The summed E-state index contributed by atoms with van der Waals surface area (Å²) in [5.41, 5.74) is 0.771. The van der Waals surface area contributed by atoms with E-state index in [0.717, 1.165) is 15.3 Å². The van der Waals surface area contributed by atoms with E-state index < -0.39 is 5.82 Å². The van der Waals surface area contributed by atoms with Crippen LogP contribution in [0.25, 0.3) is 10.2 Å². The van der Waals surface area contributed by atoms with Crippen molar-refractivity contribution in [2.24, 2.45) is 0 Å². The monoisotopic (exact) mass is 389 g/mol. The maximum Gasteiger partial charge on any atom is 0.260 e. The van der Waals surface area contributed by atoms with Gasteiger partial charge < -0.3 is 14.5 Å². The van der Waals surface area contributed by atoms with Crippen LogP contribution in [0.5, 0.6) is 5.75 Å². The second-order valence-corrected chi connectivity index (χ2v) is 7.20. The van der Waals surface area contributed by atoms with Gasteiger partial charge in [-0.25, -0.2) is 13.8 Å². The average molecular weight is 389 g/mol. The molecule has 1 saturated heterocycles. The summed E-state index contributed by atoms with van der Waals surface area (Å²) in [5, 5.41) is 0.824. The number of fused-ring (bicyclic) bond motifs is 1. The summed E-state index contributed by atoms with van der Waals surface area (Å²) in [6.07, 6.45) is 0. The molecule has 0 atom stereocenters. The Morgan fingerprint density at radius 1 is 1.11 bits per heavy atom. The van der Waals surface area contributed by atoms with Crippen molar-refractivity contribution in [2.45, 2.75) is 0 Å². The Bertz CT molecular complexity index is 970. The van der Waals surface area contributed by atoms with Crippen molar-refractivity contribution in [3.8, 4) is 5.75 Å². The van der Waals surface area contributed by atoms with Gasteiger partial charge >= 0.3 is 0 Å². The first-order valence-electron chi connectivity index (χ1n) is 8.56. The maximum absolute atomic E-state index is 13.5. The quantitative estimate of drug-likeness (QED) is 0.687. The van der Waals surface area contributed by atoms with Crippen LogP contribution in [-0.4, -0.2) is 48.6 Å². The van der Waals surface area contributed by atoms with Gasteiger partial charge in [0.05, 0.1) is 10.2 Å². The smallest absolute Gasteiger partial charge is 0.260 e. The molecule has 0 saturated carbocycles. The number of rotatable bonds is 4. The fraction of sp³-hybridized carbons (Fsp3) is 0.263. The normalized spacial score (nSPS) is 14.6. The largest absolute Gasteiger partial charge is 0.481 e. The van der Waals surface area contributed by atoms with Gasteiger partial charge in [0.1, 0.15) is 5.82 Å². The van der Waals surface area contributed by atoms with Gasteiger partial charge in [-0.05, 0) is 30.3 Å². The number of hydrogen-bond donors (Lipinski definition) is 0. The van der Waals surface area contributed by atoms with Gasteiger partial charge in [-0.15, -0.1) is 0 Å². The van der Waals surface area contributed by atoms with E-state index in [1.165, 1.54) is 35.6 Å². The zero-order chi connectivity index (χ0) is 18.8. The number of para-hydroxylation sites is 1. The van der Waals surface area contributed by atoms with Crippen LogP contribution in [0.15, 0.2) is 42.5 Å². The molecule has 1 fully saturated rings. The highest BCUT2D eigenvalue weighted by atomic mass is 32.1. The van der Waals surface area contributed by atoms with E-state index in [0.29, 0.717) is 26.2 Å². The van der Waals surface area contributed by atoms with Gasteiger partial charge in [-0.2, -0.15) is 0 Å². The molecule has 0 N–H and O–H groups in total. The van der Waals surface area contributed by atoms with Crippen LogP contribution in [0.3, 0.4) is 0 Å². The van der Waals surface area contributed by atoms with Crippen LogP contribution in [0.2, 0.25) is 0 Å². The van der Waals surface area contributed by atoms with E-state index in [2.05, 4.69) is 9.88 Å². The molecule has 1 aromatic heterocycles. The third kappa shape index (κ3) is 3.85. The topological polar surface area (TPSA) is 45.7 Å². The van der Waals surface area contributed by atoms with E-state index in [-0.39, 0.29) is 24.1 Å². The molecule has 2 aromatic carbocycles. The highest BCUT2D eigenvalue weighted by Crippen LogP contribution is 2.29. The van der Waals surface area contributed by atoms with Crippen molar-refractivity contribution in [1.82, 2.24) is 9.88 Å². The third-order valence-corrected chi connectivity index (χ3v) is 5.51. The molecule has 0 bridgehead atoms. The molecule has 1 aliphatic rings. The summed E-state index contributed by atoms with van der Waals surface area (Å²) in [5.74, 6) is -0.860. The predicted octanol–water partition coefficient (Wildman–Crippen LogP) is 3.30. The average Bonchev–Trinajstić information content (AvgIpc) is 3.10. The number of amides is 1. The van der Waals surface area contributed by atoms with Gasteiger partial charge in [-0.3, -0.25) is 4.79 Å². The summed E-state index contributed by atoms with van der Waals surface area (Å²) in [7, 11) is 0. The molecule has 1 amide bonds. The molecule has 1 aliphatic heterocycles. The number of benzene rings is 2. The second kappa shape index (κ2) is 7.48. The highest BCUT2D eigenvalue weighted by molar-refractivity contribution is 7.22. The van der Waals surface area contributed by atoms with Gasteiger partial charge in [0, 0.05) is 26.2 Å². The lowest BCUT2D eigenvalue weighted by Gasteiger charge is -2.34. The second-order valence-electron chi connectivity index (χ2n) is 6.20. The van der Waals surface area contributed by atoms with Crippen LogP contribution in [-0.2, 0) is 4.79 Å². The van der Waals surface area contributed by atoms with Crippen molar-refractivity contribution in [3.05, 3.63) is 54.1 Å². The predicted molar refractivity (Wildman–Crippen MR) is 100 cm³/mol. The molecular formula is C19H17F2N3O2S. The van der Waals surface area contributed by atoms with E-state index in [9.17, 15) is 13.6 Å². The minimum absolute atomic E-state index is 0.0752. The van der Waals surface area contributed by atoms with Crippen molar-refractivity contribution in [3.63, 3.8) is 0 Å². The van der Waals surface area contributed by atoms with Gasteiger partial charge in [0.2, 0.25) is 0 Å². The van der Waals surface area contributed by atoms with Crippen LogP contribution in [0.1, 0.15) is 0 Å². The van der Waals surface area contributed by atoms with E-state index >= 15 is 0 Å². The number of piperazine rings is 1. The zero-order valence-corrected chi connectivity index (χ0v) is 15.2. The summed E-state index contributed by atoms with van der Waals surface area (Å²) in [6, 6.07) is 10.6. The van der Waals surface area contributed by atoms with Crippen molar-refractivity contribution in [2.75, 3.05) is 37.7 Å². The maximum atomic E-state index is 13.5. The third-order valence-electron chi connectivity index (χ3n) is 4.43. The lowest BCUT2D eigenvalue weighted by Crippen LogP contribution is -2.50. The summed E-state index contributed by atoms with van der Waals surface area (Å²) in [4.78, 5) is 20.6. The fourth-order valence-electron chi connectivity index (χ4n) is 2.96. The first kappa shape index (κ1) is 17.7. The summed E-state index contributed by atoms with van der Waals surface area (Å²) in [6.45, 7) is 2.14. The molecule has 4 rings (SSSR count). The Balaban J connectivity index is 1.34. The lowest BCUT2D eigenvalue weighted by molar-refractivity contribution is -0.133. The van der Waals surface area contributed by atoms with Gasteiger partial charge in [0.25, 0.3) is 5.91 Å². The molecule has 5 nitrogen and oxygen atoms in total. The van der Waals surface area contributed by atoms with Crippen molar-refractivity contribution < 1.29 is 18.3 Å². The van der Waals surface area contributed by atoms with Gasteiger partial charge in [0.15, 0.2) is 23.3 Å². The fourth-order valence-corrected chi connectivity index (χ4v) is 4.00. The summed E-state index contributed by atoms with van der Waals surface area (Å²) < 4.78 is 33.0. The van der Waals surface area contributed by atoms with Gasteiger partial charge in [-0.1, -0.05) is 23.5 Å².